The van der Waals surface area contributed by atoms with E-state index in [-0.39, 0.29) is 11.4 Å². The van der Waals surface area contributed by atoms with E-state index < -0.39 is 11.5 Å². The molecular formula is C17H13Cl2N3O2. The minimum absolute atomic E-state index is 0.00500. The van der Waals surface area contributed by atoms with E-state index in [0.717, 1.165) is 16.5 Å². The van der Waals surface area contributed by atoms with Gasteiger partial charge in [-0.05, 0) is 30.7 Å². The molecule has 0 saturated heterocycles. The standard InChI is InChI=1S/C17H13Cl2N3O2/c1-8-2-3-9-12(6-8)21-22-13(9)7-17(24)14-10(18)4-5-11(19)15(14)20-16(17)23/h2-6,24H,7H2,1H3,(H,20,23)(H,21,22). The van der Waals surface area contributed by atoms with Crippen molar-refractivity contribution in [2.24, 2.45) is 0 Å². The van der Waals surface area contributed by atoms with Gasteiger partial charge in [-0.15, -0.1) is 0 Å². The molecule has 0 radical (unpaired) electrons. The molecule has 1 aromatic heterocycles. The second-order valence-electron chi connectivity index (χ2n) is 5.99. The molecule has 3 aromatic rings. The van der Waals surface area contributed by atoms with Crippen LogP contribution in [0.5, 0.6) is 0 Å². The van der Waals surface area contributed by atoms with Gasteiger partial charge < -0.3 is 10.4 Å². The van der Waals surface area contributed by atoms with Crippen molar-refractivity contribution < 1.29 is 9.90 Å². The third-order valence-corrected chi connectivity index (χ3v) is 4.98. The maximum atomic E-state index is 12.5. The number of aliphatic hydroxyl groups is 1. The zero-order chi connectivity index (χ0) is 17.1. The largest absolute Gasteiger partial charge is 0.375 e. The molecule has 5 nitrogen and oxygen atoms in total. The number of nitrogens with one attached hydrogen (secondary N) is 2. The van der Waals surface area contributed by atoms with Gasteiger partial charge in [0.15, 0.2) is 5.60 Å². The molecule has 2 heterocycles. The zero-order valence-electron chi connectivity index (χ0n) is 12.7. The van der Waals surface area contributed by atoms with Crippen LogP contribution in [0.4, 0.5) is 5.69 Å². The van der Waals surface area contributed by atoms with E-state index in [4.69, 9.17) is 23.2 Å². The van der Waals surface area contributed by atoms with Crippen LogP contribution in [0.25, 0.3) is 10.9 Å². The molecule has 7 heteroatoms. The van der Waals surface area contributed by atoms with Crippen molar-refractivity contribution in [3.63, 3.8) is 0 Å². The second kappa shape index (κ2) is 5.21. The van der Waals surface area contributed by atoms with Crippen molar-refractivity contribution in [2.75, 3.05) is 5.32 Å². The zero-order valence-corrected chi connectivity index (χ0v) is 14.2. The minimum atomic E-state index is -1.82. The van der Waals surface area contributed by atoms with Gasteiger partial charge >= 0.3 is 0 Å². The van der Waals surface area contributed by atoms with Gasteiger partial charge in [0.1, 0.15) is 0 Å². The average molecular weight is 362 g/mol. The summed E-state index contributed by atoms with van der Waals surface area (Å²) < 4.78 is 0. The summed E-state index contributed by atoms with van der Waals surface area (Å²) in [4.78, 5) is 12.5. The Morgan fingerprint density at radius 3 is 2.75 bits per heavy atom. The van der Waals surface area contributed by atoms with Crippen LogP contribution < -0.4 is 5.32 Å². The second-order valence-corrected chi connectivity index (χ2v) is 6.80. The monoisotopic (exact) mass is 361 g/mol. The van der Waals surface area contributed by atoms with Gasteiger partial charge in [-0.1, -0.05) is 35.3 Å². The van der Waals surface area contributed by atoms with Gasteiger partial charge in [-0.3, -0.25) is 9.89 Å². The number of hydrogen-bond acceptors (Lipinski definition) is 3. The Labute approximate surface area is 147 Å². The van der Waals surface area contributed by atoms with Gasteiger partial charge in [0.25, 0.3) is 5.91 Å². The minimum Gasteiger partial charge on any atom is -0.375 e. The molecule has 0 fully saturated rings. The Morgan fingerprint density at radius 2 is 1.96 bits per heavy atom. The van der Waals surface area contributed by atoms with E-state index in [9.17, 15) is 9.90 Å². The summed E-state index contributed by atoms with van der Waals surface area (Å²) in [5.74, 6) is -0.559. The Bertz CT molecular complexity index is 999. The molecule has 24 heavy (non-hydrogen) atoms. The number of aromatic amines is 1. The van der Waals surface area contributed by atoms with Crippen LogP contribution >= 0.6 is 23.2 Å². The molecule has 3 N–H and O–H groups in total. The van der Waals surface area contributed by atoms with Gasteiger partial charge in [0, 0.05) is 22.4 Å². The Hall–Kier alpha value is -2.08. The summed E-state index contributed by atoms with van der Waals surface area (Å²) in [5.41, 5.74) is 1.37. The highest BCUT2D eigenvalue weighted by Gasteiger charge is 2.48. The molecule has 0 spiro atoms. The average Bonchev–Trinajstić information content (AvgIpc) is 3.04. The maximum absolute atomic E-state index is 12.5. The van der Waals surface area contributed by atoms with E-state index in [1.807, 2.05) is 25.1 Å². The lowest BCUT2D eigenvalue weighted by Gasteiger charge is -2.21. The number of aromatic nitrogens is 2. The van der Waals surface area contributed by atoms with Crippen molar-refractivity contribution >= 4 is 45.7 Å². The number of fused-ring (bicyclic) bond motifs is 2. The number of H-pyrrole nitrogens is 1. The lowest BCUT2D eigenvalue weighted by atomic mass is 9.89. The maximum Gasteiger partial charge on any atom is 0.261 e. The van der Waals surface area contributed by atoms with Crippen LogP contribution in [0, 0.1) is 6.92 Å². The SMILES string of the molecule is Cc1ccc2c(CC3(O)C(=O)Nc4c(Cl)ccc(Cl)c43)n[nH]c2c1. The molecule has 4 rings (SSSR count). The predicted octanol–water partition coefficient (Wildman–Crippen LogP) is 3.56. The van der Waals surface area contributed by atoms with Gasteiger partial charge in [0.05, 0.1) is 21.9 Å². The smallest absolute Gasteiger partial charge is 0.261 e. The van der Waals surface area contributed by atoms with Crippen LogP contribution in [0.3, 0.4) is 0 Å². The normalized spacial score (nSPS) is 19.6. The molecule has 1 atom stereocenters. The number of carbonyl (C=O) groups excluding carboxylic acids is 1. The Morgan fingerprint density at radius 1 is 1.21 bits per heavy atom. The first-order valence-corrected chi connectivity index (χ1v) is 8.11. The number of benzene rings is 2. The number of halogens is 2. The van der Waals surface area contributed by atoms with Crippen molar-refractivity contribution in [1.29, 1.82) is 0 Å². The van der Waals surface area contributed by atoms with Crippen molar-refractivity contribution in [1.82, 2.24) is 10.2 Å². The van der Waals surface area contributed by atoms with E-state index in [1.165, 1.54) is 0 Å². The van der Waals surface area contributed by atoms with Crippen LogP contribution in [0.1, 0.15) is 16.8 Å². The summed E-state index contributed by atoms with van der Waals surface area (Å²) in [5, 5.41) is 22.4. The van der Waals surface area contributed by atoms with Crippen LogP contribution in [-0.4, -0.2) is 21.2 Å². The quantitative estimate of drug-likeness (QED) is 0.652. The predicted molar refractivity (Wildman–Crippen MR) is 93.5 cm³/mol. The number of anilines is 1. The van der Waals surface area contributed by atoms with E-state index in [2.05, 4.69) is 15.5 Å². The summed E-state index contributed by atoms with van der Waals surface area (Å²) in [6.07, 6.45) is -0.00500. The van der Waals surface area contributed by atoms with Crippen molar-refractivity contribution in [3.05, 3.63) is 57.2 Å². The van der Waals surface area contributed by atoms with Gasteiger partial charge in [0.2, 0.25) is 0 Å². The molecule has 0 saturated carbocycles. The van der Waals surface area contributed by atoms with Gasteiger partial charge in [-0.25, -0.2) is 0 Å². The first kappa shape index (κ1) is 15.4. The van der Waals surface area contributed by atoms with Crippen LogP contribution in [0.2, 0.25) is 10.0 Å². The van der Waals surface area contributed by atoms with Gasteiger partial charge in [-0.2, -0.15) is 5.10 Å². The highest BCUT2D eigenvalue weighted by molar-refractivity contribution is 6.38. The molecule has 1 unspecified atom stereocenters. The van der Waals surface area contributed by atoms with Crippen LogP contribution in [-0.2, 0) is 16.8 Å². The summed E-state index contributed by atoms with van der Waals surface area (Å²) in [6.45, 7) is 1.98. The number of aryl methyl sites for hydroxylation is 1. The molecule has 2 aromatic carbocycles. The Kier molecular flexibility index (Phi) is 3.35. The molecule has 0 aliphatic carbocycles. The lowest BCUT2D eigenvalue weighted by molar-refractivity contribution is -0.133. The fourth-order valence-corrected chi connectivity index (χ4v) is 3.66. The number of amides is 1. The summed E-state index contributed by atoms with van der Waals surface area (Å²) in [6, 6.07) is 8.99. The molecule has 122 valence electrons. The van der Waals surface area contributed by atoms with E-state index in [1.54, 1.807) is 12.1 Å². The molecule has 1 amide bonds. The number of rotatable bonds is 2. The van der Waals surface area contributed by atoms with Crippen molar-refractivity contribution in [3.8, 4) is 0 Å². The Balaban J connectivity index is 1.85. The number of hydrogen-bond donors (Lipinski definition) is 3. The topological polar surface area (TPSA) is 78.0 Å². The molecule has 1 aliphatic rings. The third-order valence-electron chi connectivity index (χ3n) is 4.35. The fraction of sp³-hybridized carbons (Fsp3) is 0.176. The van der Waals surface area contributed by atoms with E-state index in [0.29, 0.717) is 22.0 Å². The highest BCUT2D eigenvalue weighted by Crippen LogP contribution is 2.46. The molecule has 1 aliphatic heterocycles. The third kappa shape index (κ3) is 2.13. The summed E-state index contributed by atoms with van der Waals surface area (Å²) in [7, 11) is 0. The fourth-order valence-electron chi connectivity index (χ4n) is 3.14. The first-order chi connectivity index (χ1) is 11.4. The van der Waals surface area contributed by atoms with Crippen LogP contribution in [0.15, 0.2) is 30.3 Å². The summed E-state index contributed by atoms with van der Waals surface area (Å²) >= 11 is 12.4. The lowest BCUT2D eigenvalue weighted by Crippen LogP contribution is -2.36. The first-order valence-electron chi connectivity index (χ1n) is 7.36. The number of carbonyl (C=O) groups is 1. The van der Waals surface area contributed by atoms with Crippen molar-refractivity contribution in [2.45, 2.75) is 18.9 Å². The molecular weight excluding hydrogens is 349 g/mol. The number of nitrogens with zero attached hydrogens (tertiary/aromatic N) is 1. The van der Waals surface area contributed by atoms with E-state index >= 15 is 0 Å². The molecule has 0 bridgehead atoms. The highest BCUT2D eigenvalue weighted by atomic mass is 35.5.